The topological polar surface area (TPSA) is 30.2 Å². The molecule has 27 heavy (non-hydrogen) atoms. The highest BCUT2D eigenvalue weighted by atomic mass is 79.9. The molecule has 0 amide bonds. The summed E-state index contributed by atoms with van der Waals surface area (Å²) in [5.41, 5.74) is 3.80. The van der Waals surface area contributed by atoms with E-state index < -0.39 is 0 Å². The van der Waals surface area contributed by atoms with Crippen molar-refractivity contribution < 1.29 is 0 Å². The largest absolute Gasteiger partial charge is 0.236 e. The number of hydrogen-bond donors (Lipinski definition) is 0. The van der Waals surface area contributed by atoms with E-state index in [0.717, 1.165) is 32.8 Å². The van der Waals surface area contributed by atoms with Crippen molar-refractivity contribution in [3.63, 3.8) is 0 Å². The molecule has 0 bridgehead atoms. The quantitative estimate of drug-likeness (QED) is 0.327. The first-order valence-electron chi connectivity index (χ1n) is 8.41. The summed E-state index contributed by atoms with van der Waals surface area (Å²) in [5, 5.41) is 5.47. The predicted octanol–water partition coefficient (Wildman–Crippen LogP) is 6.71. The van der Waals surface area contributed by atoms with Crippen LogP contribution in [0.3, 0.4) is 0 Å². The summed E-state index contributed by atoms with van der Waals surface area (Å²) < 4.78 is 2.84. The van der Waals surface area contributed by atoms with E-state index >= 15 is 0 Å². The fourth-order valence-corrected chi connectivity index (χ4v) is 3.21. The normalized spacial score (nSPS) is 11.2. The molecule has 0 aliphatic carbocycles. The number of halogens is 2. The second kappa shape index (κ2) is 7.91. The number of aromatic nitrogens is 2. The molecule has 5 heteroatoms. The van der Waals surface area contributed by atoms with E-state index in [1.807, 2.05) is 95.8 Å². The smallest absolute Gasteiger partial charge is 0.156 e. The molecule has 0 aliphatic heterocycles. The van der Waals surface area contributed by atoms with Gasteiger partial charge in [-0.25, -0.2) is 9.67 Å². The van der Waals surface area contributed by atoms with Crippen molar-refractivity contribution >= 4 is 39.6 Å². The van der Waals surface area contributed by atoms with Gasteiger partial charge in [0.1, 0.15) is 0 Å². The highest BCUT2D eigenvalue weighted by Crippen LogP contribution is 2.27. The number of aliphatic imine (C=N–C) groups is 1. The monoisotopic (exact) mass is 435 g/mol. The molecule has 0 saturated heterocycles. The Morgan fingerprint density at radius 2 is 1.59 bits per heavy atom. The predicted molar refractivity (Wildman–Crippen MR) is 115 cm³/mol. The second-order valence-electron chi connectivity index (χ2n) is 5.92. The zero-order chi connectivity index (χ0) is 18.6. The molecule has 0 unspecified atom stereocenters. The molecule has 0 fully saturated rings. The van der Waals surface area contributed by atoms with E-state index in [1.165, 1.54) is 0 Å². The molecule has 1 aromatic heterocycles. The van der Waals surface area contributed by atoms with Gasteiger partial charge in [-0.15, -0.1) is 0 Å². The summed E-state index contributed by atoms with van der Waals surface area (Å²) in [6, 6.07) is 27.6. The van der Waals surface area contributed by atoms with Gasteiger partial charge >= 0.3 is 0 Å². The van der Waals surface area contributed by atoms with Crippen molar-refractivity contribution in [2.75, 3.05) is 0 Å². The Morgan fingerprint density at radius 3 is 2.33 bits per heavy atom. The average Bonchev–Trinajstić information content (AvgIpc) is 3.13. The van der Waals surface area contributed by atoms with Gasteiger partial charge in [-0.3, -0.25) is 0 Å². The number of hydrogen-bond acceptors (Lipinski definition) is 2. The lowest BCUT2D eigenvalue weighted by Gasteiger charge is -2.03. The molecule has 0 saturated carbocycles. The Bertz CT molecular complexity index is 1090. The molecule has 0 N–H and O–H groups in total. The van der Waals surface area contributed by atoms with Gasteiger partial charge in [0, 0.05) is 32.9 Å². The Morgan fingerprint density at radius 1 is 0.889 bits per heavy atom. The first-order chi connectivity index (χ1) is 13.2. The standard InChI is InChI=1S/C22H15BrClN3/c23-20-9-5-4-6-17(20)15-25-22-14-21(16-10-12-18(24)13-11-16)26-27(22)19-7-2-1-3-8-19/h1-15H/b25-15+. The number of para-hydroxylation sites is 1. The van der Waals surface area contributed by atoms with E-state index in [9.17, 15) is 0 Å². The van der Waals surface area contributed by atoms with E-state index in [1.54, 1.807) is 0 Å². The van der Waals surface area contributed by atoms with E-state index in [4.69, 9.17) is 21.7 Å². The van der Waals surface area contributed by atoms with Gasteiger partial charge in [0.2, 0.25) is 0 Å². The van der Waals surface area contributed by atoms with Crippen molar-refractivity contribution in [3.05, 3.63) is 100.0 Å². The van der Waals surface area contributed by atoms with Crippen molar-refractivity contribution in [2.45, 2.75) is 0 Å². The third-order valence-corrected chi connectivity index (χ3v) is 5.05. The summed E-state index contributed by atoms with van der Waals surface area (Å²) in [6.07, 6.45) is 1.84. The molecule has 0 aliphatic rings. The van der Waals surface area contributed by atoms with Crippen LogP contribution in [-0.4, -0.2) is 16.0 Å². The van der Waals surface area contributed by atoms with Crippen LogP contribution in [0.15, 0.2) is 94.4 Å². The van der Waals surface area contributed by atoms with Crippen molar-refractivity contribution in [1.82, 2.24) is 9.78 Å². The molecule has 0 radical (unpaired) electrons. The van der Waals surface area contributed by atoms with Gasteiger partial charge in [0.15, 0.2) is 5.82 Å². The maximum Gasteiger partial charge on any atom is 0.156 e. The summed E-state index contributed by atoms with van der Waals surface area (Å²) in [5.74, 6) is 0.752. The van der Waals surface area contributed by atoms with Crippen LogP contribution < -0.4 is 0 Å². The lowest BCUT2D eigenvalue weighted by molar-refractivity contribution is 0.885. The van der Waals surface area contributed by atoms with Gasteiger partial charge < -0.3 is 0 Å². The number of benzene rings is 3. The zero-order valence-corrected chi connectivity index (χ0v) is 16.6. The lowest BCUT2D eigenvalue weighted by Crippen LogP contribution is -1.96. The Labute approximate surface area is 171 Å². The van der Waals surface area contributed by atoms with Crippen LogP contribution in [0.4, 0.5) is 5.82 Å². The van der Waals surface area contributed by atoms with Crippen LogP contribution >= 0.6 is 27.5 Å². The first-order valence-corrected chi connectivity index (χ1v) is 9.58. The van der Waals surface area contributed by atoms with Crippen molar-refractivity contribution in [3.8, 4) is 16.9 Å². The summed E-state index contributed by atoms with van der Waals surface area (Å²) in [6.45, 7) is 0. The molecule has 4 rings (SSSR count). The van der Waals surface area contributed by atoms with Crippen LogP contribution in [0, 0.1) is 0 Å². The zero-order valence-electron chi connectivity index (χ0n) is 14.3. The maximum absolute atomic E-state index is 6.01. The summed E-state index contributed by atoms with van der Waals surface area (Å²) in [4.78, 5) is 4.70. The van der Waals surface area contributed by atoms with Gasteiger partial charge in [-0.05, 0) is 30.3 Å². The fourth-order valence-electron chi connectivity index (χ4n) is 2.70. The highest BCUT2D eigenvalue weighted by molar-refractivity contribution is 9.10. The Hall–Kier alpha value is -2.69. The third kappa shape index (κ3) is 4.02. The van der Waals surface area contributed by atoms with Crippen molar-refractivity contribution in [2.24, 2.45) is 4.99 Å². The SMILES string of the molecule is Clc1ccc(-c2cc(/N=C/c3ccccc3Br)n(-c3ccccc3)n2)cc1. The van der Waals surface area contributed by atoms with Gasteiger partial charge in [-0.2, -0.15) is 5.10 Å². The van der Waals surface area contributed by atoms with E-state index in [-0.39, 0.29) is 0 Å². The van der Waals surface area contributed by atoms with Crippen LogP contribution in [0.25, 0.3) is 16.9 Å². The molecule has 3 nitrogen and oxygen atoms in total. The third-order valence-electron chi connectivity index (χ3n) is 4.07. The summed E-state index contributed by atoms with van der Waals surface area (Å²) in [7, 11) is 0. The molecule has 1 heterocycles. The molecule has 0 spiro atoms. The minimum absolute atomic E-state index is 0.702. The van der Waals surface area contributed by atoms with Gasteiger partial charge in [0.25, 0.3) is 0 Å². The van der Waals surface area contributed by atoms with Crippen LogP contribution in [0.1, 0.15) is 5.56 Å². The van der Waals surface area contributed by atoms with Crippen molar-refractivity contribution in [1.29, 1.82) is 0 Å². The van der Waals surface area contributed by atoms with Crippen LogP contribution in [0.5, 0.6) is 0 Å². The summed E-state index contributed by atoms with van der Waals surface area (Å²) >= 11 is 9.57. The average molecular weight is 437 g/mol. The molecule has 132 valence electrons. The maximum atomic E-state index is 6.01. The van der Waals surface area contributed by atoms with E-state index in [2.05, 4.69) is 15.9 Å². The van der Waals surface area contributed by atoms with Crippen LogP contribution in [0.2, 0.25) is 5.02 Å². The van der Waals surface area contributed by atoms with Gasteiger partial charge in [0.05, 0.1) is 11.4 Å². The Kier molecular flexibility index (Phi) is 5.19. The molecule has 4 aromatic rings. The van der Waals surface area contributed by atoms with Crippen LogP contribution in [-0.2, 0) is 0 Å². The van der Waals surface area contributed by atoms with E-state index in [0.29, 0.717) is 5.02 Å². The fraction of sp³-hybridized carbons (Fsp3) is 0. The first kappa shape index (κ1) is 17.7. The minimum Gasteiger partial charge on any atom is -0.236 e. The number of rotatable bonds is 4. The number of nitrogens with zero attached hydrogens (tertiary/aromatic N) is 3. The second-order valence-corrected chi connectivity index (χ2v) is 7.21. The highest BCUT2D eigenvalue weighted by Gasteiger charge is 2.10. The molecule has 3 aromatic carbocycles. The lowest BCUT2D eigenvalue weighted by atomic mass is 10.1. The minimum atomic E-state index is 0.702. The molecular weight excluding hydrogens is 422 g/mol. The van der Waals surface area contributed by atoms with Gasteiger partial charge in [-0.1, -0.05) is 76.1 Å². The Balaban J connectivity index is 1.79. The molecule has 0 atom stereocenters. The molecular formula is C22H15BrClN3.